The molecule has 0 aliphatic rings. The molecule has 0 saturated heterocycles. The lowest BCUT2D eigenvalue weighted by atomic mass is 10.1. The molecule has 1 N–H and O–H groups in total. The van der Waals surface area contributed by atoms with Gasteiger partial charge in [-0.1, -0.05) is 6.07 Å². The molecule has 0 atom stereocenters. The number of pyridine rings is 1. The highest BCUT2D eigenvalue weighted by Gasteiger charge is 2.17. The summed E-state index contributed by atoms with van der Waals surface area (Å²) >= 11 is 0. The van der Waals surface area contributed by atoms with Gasteiger partial charge in [0.2, 0.25) is 0 Å². The third-order valence-corrected chi connectivity index (χ3v) is 4.99. The first-order valence-corrected chi connectivity index (χ1v) is 9.71. The Morgan fingerprint density at radius 2 is 1.83 bits per heavy atom. The number of anilines is 2. The van der Waals surface area contributed by atoms with Crippen LogP contribution in [-0.4, -0.2) is 38.2 Å². The topological polar surface area (TPSA) is 63.7 Å². The van der Waals surface area contributed by atoms with Gasteiger partial charge in [0.15, 0.2) is 11.5 Å². The molecule has 1 aromatic heterocycles. The van der Waals surface area contributed by atoms with E-state index in [-0.39, 0.29) is 5.91 Å². The maximum absolute atomic E-state index is 12.8. The third kappa shape index (κ3) is 4.11. The van der Waals surface area contributed by atoms with Crippen LogP contribution >= 0.6 is 0 Å². The van der Waals surface area contributed by atoms with E-state index in [1.165, 1.54) is 7.11 Å². The first kappa shape index (κ1) is 20.5. The molecule has 0 fully saturated rings. The average Bonchev–Trinajstić information content (AvgIpc) is 2.74. The van der Waals surface area contributed by atoms with E-state index in [1.807, 2.05) is 18.2 Å². The van der Waals surface area contributed by atoms with Gasteiger partial charge in [-0.25, -0.2) is 4.98 Å². The Morgan fingerprint density at radius 1 is 1.07 bits per heavy atom. The minimum Gasteiger partial charge on any atom is -0.493 e. The molecule has 0 aliphatic carbocycles. The maximum atomic E-state index is 12.8. The van der Waals surface area contributed by atoms with Crippen LogP contribution in [0.5, 0.6) is 11.5 Å². The van der Waals surface area contributed by atoms with Crippen LogP contribution in [0.1, 0.15) is 29.8 Å². The second-order valence-electron chi connectivity index (χ2n) is 6.70. The number of hydrogen-bond donors (Lipinski definition) is 1. The first-order valence-electron chi connectivity index (χ1n) is 9.71. The molecular formula is C23H27N3O3. The standard InChI is InChI=1S/C23H27N3O3/c1-6-26(7-2)21-13-15(3)18-14-16(11-12-19(18)25-21)24-23(27)17-9-8-10-20(28-4)22(17)29-5/h8-14H,6-7H2,1-5H3,(H,24,27). The molecule has 0 unspecified atom stereocenters. The summed E-state index contributed by atoms with van der Waals surface area (Å²) in [5.41, 5.74) is 3.14. The first-order chi connectivity index (χ1) is 14.0. The second-order valence-corrected chi connectivity index (χ2v) is 6.70. The van der Waals surface area contributed by atoms with Gasteiger partial charge in [0.25, 0.3) is 5.91 Å². The zero-order valence-corrected chi connectivity index (χ0v) is 17.6. The fourth-order valence-corrected chi connectivity index (χ4v) is 3.43. The van der Waals surface area contributed by atoms with Gasteiger partial charge >= 0.3 is 0 Å². The highest BCUT2D eigenvalue weighted by molar-refractivity contribution is 6.07. The van der Waals surface area contributed by atoms with Crippen molar-refractivity contribution >= 4 is 28.3 Å². The average molecular weight is 393 g/mol. The van der Waals surface area contributed by atoms with Crippen molar-refractivity contribution in [1.82, 2.24) is 4.98 Å². The Morgan fingerprint density at radius 3 is 2.48 bits per heavy atom. The number of ether oxygens (including phenoxy) is 2. The van der Waals surface area contributed by atoms with Crippen LogP contribution < -0.4 is 19.7 Å². The SMILES string of the molecule is CCN(CC)c1cc(C)c2cc(NC(=O)c3cccc(OC)c3OC)ccc2n1. The van der Waals surface area contributed by atoms with E-state index in [9.17, 15) is 4.79 Å². The van der Waals surface area contributed by atoms with Gasteiger partial charge in [0.05, 0.1) is 25.3 Å². The smallest absolute Gasteiger partial charge is 0.259 e. The van der Waals surface area contributed by atoms with Gasteiger partial charge in [-0.15, -0.1) is 0 Å². The molecule has 0 bridgehead atoms. The number of hydrogen-bond acceptors (Lipinski definition) is 5. The van der Waals surface area contributed by atoms with Crippen molar-refractivity contribution in [2.24, 2.45) is 0 Å². The fraction of sp³-hybridized carbons (Fsp3) is 0.304. The lowest BCUT2D eigenvalue weighted by molar-refractivity contribution is 0.102. The Labute approximate surface area is 171 Å². The second kappa shape index (κ2) is 8.82. The van der Waals surface area contributed by atoms with Gasteiger partial charge in [0.1, 0.15) is 5.82 Å². The number of nitrogens with one attached hydrogen (secondary N) is 1. The Balaban J connectivity index is 1.93. The van der Waals surface area contributed by atoms with Crippen LogP contribution in [0.15, 0.2) is 42.5 Å². The summed E-state index contributed by atoms with van der Waals surface area (Å²) in [6.07, 6.45) is 0. The molecule has 29 heavy (non-hydrogen) atoms. The van der Waals surface area contributed by atoms with E-state index in [2.05, 4.69) is 37.1 Å². The Hall–Kier alpha value is -3.28. The van der Waals surface area contributed by atoms with E-state index >= 15 is 0 Å². The number of carbonyl (C=O) groups excluding carboxylic acids is 1. The molecule has 3 aromatic rings. The van der Waals surface area contributed by atoms with E-state index in [1.54, 1.807) is 25.3 Å². The Bertz CT molecular complexity index is 1030. The number of carbonyl (C=O) groups is 1. The summed E-state index contributed by atoms with van der Waals surface area (Å²) < 4.78 is 10.7. The summed E-state index contributed by atoms with van der Waals surface area (Å²) in [7, 11) is 3.07. The Kier molecular flexibility index (Phi) is 6.22. The molecule has 6 heteroatoms. The summed E-state index contributed by atoms with van der Waals surface area (Å²) in [4.78, 5) is 19.8. The van der Waals surface area contributed by atoms with Crippen molar-refractivity contribution in [3.8, 4) is 11.5 Å². The lowest BCUT2D eigenvalue weighted by Crippen LogP contribution is -2.23. The van der Waals surface area contributed by atoms with Crippen molar-refractivity contribution in [2.75, 3.05) is 37.5 Å². The highest BCUT2D eigenvalue weighted by atomic mass is 16.5. The quantitative estimate of drug-likeness (QED) is 0.633. The fourth-order valence-electron chi connectivity index (χ4n) is 3.43. The molecule has 1 heterocycles. The predicted molar refractivity (Wildman–Crippen MR) is 118 cm³/mol. The van der Waals surface area contributed by atoms with Gasteiger partial charge in [-0.3, -0.25) is 4.79 Å². The largest absolute Gasteiger partial charge is 0.493 e. The molecule has 6 nitrogen and oxygen atoms in total. The molecule has 3 rings (SSSR count). The van der Waals surface area contributed by atoms with Crippen molar-refractivity contribution in [3.05, 3.63) is 53.6 Å². The maximum Gasteiger partial charge on any atom is 0.259 e. The van der Waals surface area contributed by atoms with Crippen molar-refractivity contribution < 1.29 is 14.3 Å². The number of amides is 1. The van der Waals surface area contributed by atoms with E-state index in [0.29, 0.717) is 22.7 Å². The molecule has 0 spiro atoms. The van der Waals surface area contributed by atoms with Crippen LogP contribution in [-0.2, 0) is 0 Å². The van der Waals surface area contributed by atoms with Gasteiger partial charge in [-0.2, -0.15) is 0 Å². The van der Waals surface area contributed by atoms with Crippen molar-refractivity contribution in [1.29, 1.82) is 0 Å². The molecule has 2 aromatic carbocycles. The normalized spacial score (nSPS) is 10.7. The van der Waals surface area contributed by atoms with Crippen molar-refractivity contribution in [3.63, 3.8) is 0 Å². The van der Waals surface area contributed by atoms with Crippen LogP contribution in [0.4, 0.5) is 11.5 Å². The summed E-state index contributed by atoms with van der Waals surface area (Å²) in [5.74, 6) is 1.64. The number of benzene rings is 2. The number of para-hydroxylation sites is 1. The van der Waals surface area contributed by atoms with Crippen LogP contribution in [0.2, 0.25) is 0 Å². The van der Waals surface area contributed by atoms with Gasteiger partial charge < -0.3 is 19.7 Å². The van der Waals surface area contributed by atoms with Crippen LogP contribution in [0, 0.1) is 6.92 Å². The number of rotatable bonds is 7. The number of methoxy groups -OCH3 is 2. The minimum absolute atomic E-state index is 0.259. The van der Waals surface area contributed by atoms with Crippen molar-refractivity contribution in [2.45, 2.75) is 20.8 Å². The molecular weight excluding hydrogens is 366 g/mol. The summed E-state index contributed by atoms with van der Waals surface area (Å²) in [6.45, 7) is 8.12. The van der Waals surface area contributed by atoms with Gasteiger partial charge in [-0.05, 0) is 62.7 Å². The number of nitrogens with zero attached hydrogens (tertiary/aromatic N) is 2. The summed E-state index contributed by atoms with van der Waals surface area (Å²) in [5, 5.41) is 3.96. The number of aryl methyl sites for hydroxylation is 1. The van der Waals surface area contributed by atoms with E-state index in [4.69, 9.17) is 14.5 Å². The van der Waals surface area contributed by atoms with E-state index < -0.39 is 0 Å². The zero-order valence-electron chi connectivity index (χ0n) is 17.6. The monoisotopic (exact) mass is 393 g/mol. The zero-order chi connectivity index (χ0) is 21.0. The molecule has 0 saturated carbocycles. The lowest BCUT2D eigenvalue weighted by Gasteiger charge is -2.21. The van der Waals surface area contributed by atoms with Gasteiger partial charge in [0, 0.05) is 24.2 Å². The third-order valence-electron chi connectivity index (χ3n) is 4.99. The molecule has 152 valence electrons. The highest BCUT2D eigenvalue weighted by Crippen LogP contribution is 2.31. The number of aromatic nitrogens is 1. The molecule has 0 radical (unpaired) electrons. The predicted octanol–water partition coefficient (Wildman–Crippen LogP) is 4.66. The number of fused-ring (bicyclic) bond motifs is 1. The molecule has 0 aliphatic heterocycles. The molecule has 1 amide bonds. The summed E-state index contributed by atoms with van der Waals surface area (Å²) in [6, 6.07) is 13.1. The minimum atomic E-state index is -0.259. The van der Waals surface area contributed by atoms with Crippen LogP contribution in [0.3, 0.4) is 0 Å². The van der Waals surface area contributed by atoms with Crippen LogP contribution in [0.25, 0.3) is 10.9 Å². The van der Waals surface area contributed by atoms with E-state index in [0.717, 1.165) is 35.4 Å².